The van der Waals surface area contributed by atoms with E-state index in [4.69, 9.17) is 26.2 Å². The molecule has 0 radical (unpaired) electrons. The van der Waals surface area contributed by atoms with Crippen molar-refractivity contribution in [3.63, 3.8) is 0 Å². The summed E-state index contributed by atoms with van der Waals surface area (Å²) in [5.41, 5.74) is 3.71. The second-order valence-corrected chi connectivity index (χ2v) is 10.7. The Morgan fingerprint density at radius 3 is 2.49 bits per heavy atom. The number of hydrogen-bond donors (Lipinski definition) is 2. The van der Waals surface area contributed by atoms with Crippen LogP contribution in [-0.2, 0) is 15.0 Å². The summed E-state index contributed by atoms with van der Waals surface area (Å²) in [5.74, 6) is 0.187. The molecular weight excluding hydrogens is 516 g/mol. The Bertz CT molecular complexity index is 1340. The van der Waals surface area contributed by atoms with Crippen LogP contribution in [0.2, 0.25) is 5.02 Å². The predicted octanol–water partition coefficient (Wildman–Crippen LogP) is 6.60. The van der Waals surface area contributed by atoms with Crippen molar-refractivity contribution in [3.8, 4) is 11.5 Å². The number of hydrogen-bond acceptors (Lipinski definition) is 5. The van der Waals surface area contributed by atoms with Crippen LogP contribution in [0.5, 0.6) is 11.5 Å². The van der Waals surface area contributed by atoms with Gasteiger partial charge >= 0.3 is 5.97 Å². The number of aliphatic carboxylic acids is 1. The second-order valence-electron chi connectivity index (χ2n) is 10.3. The number of carbonyl (C=O) groups is 2. The summed E-state index contributed by atoms with van der Waals surface area (Å²) < 4.78 is 11.3. The van der Waals surface area contributed by atoms with E-state index in [0.29, 0.717) is 35.2 Å². The Hall–Kier alpha value is -3.71. The number of nitrogens with one attached hydrogen (secondary N) is 1. The number of anilines is 2. The van der Waals surface area contributed by atoms with Gasteiger partial charge in [0.1, 0.15) is 17.5 Å². The predicted molar refractivity (Wildman–Crippen MR) is 152 cm³/mol. The third-order valence-corrected chi connectivity index (χ3v) is 7.99. The maximum atomic E-state index is 14.4. The molecule has 1 spiro atoms. The standard InChI is InChI=1S/C31H33ClN2O5/c1-38-24-17-23(18-25(19-24)39-16-6-9-28(35)36)33-29(21-10-12-22(32)13-11-21)30(37)34-20-31(14-4-5-15-31)26-7-2-3-8-27(26)34/h2-3,7-8,10-13,17-19,29,33H,4-6,9,14-16,20H2,1H3,(H,35,36). The molecular formula is C31H33ClN2O5. The molecule has 7 nitrogen and oxygen atoms in total. The molecule has 1 saturated carbocycles. The molecule has 1 amide bonds. The summed E-state index contributed by atoms with van der Waals surface area (Å²) in [6.45, 7) is 0.929. The molecule has 1 fully saturated rings. The topological polar surface area (TPSA) is 88.1 Å². The van der Waals surface area contributed by atoms with Crippen molar-refractivity contribution in [1.29, 1.82) is 0 Å². The first-order chi connectivity index (χ1) is 18.9. The number of para-hydroxylation sites is 1. The van der Waals surface area contributed by atoms with E-state index >= 15 is 0 Å². The summed E-state index contributed by atoms with van der Waals surface area (Å²) in [5, 5.41) is 12.9. The Morgan fingerprint density at radius 2 is 1.77 bits per heavy atom. The Kier molecular flexibility index (Phi) is 7.98. The lowest BCUT2D eigenvalue weighted by atomic mass is 9.81. The van der Waals surface area contributed by atoms with Crippen LogP contribution in [0.4, 0.5) is 11.4 Å². The first-order valence-electron chi connectivity index (χ1n) is 13.4. The highest BCUT2D eigenvalue weighted by Crippen LogP contribution is 2.51. The van der Waals surface area contributed by atoms with E-state index in [1.807, 2.05) is 35.2 Å². The van der Waals surface area contributed by atoms with Crippen molar-refractivity contribution in [1.82, 2.24) is 0 Å². The number of carboxylic acid groups (broad SMARTS) is 1. The molecule has 1 atom stereocenters. The highest BCUT2D eigenvalue weighted by atomic mass is 35.5. The van der Waals surface area contributed by atoms with E-state index < -0.39 is 12.0 Å². The minimum atomic E-state index is -0.862. The summed E-state index contributed by atoms with van der Waals surface area (Å²) >= 11 is 6.19. The molecule has 0 saturated heterocycles. The number of amides is 1. The maximum absolute atomic E-state index is 14.4. The zero-order valence-corrected chi connectivity index (χ0v) is 22.7. The zero-order valence-electron chi connectivity index (χ0n) is 22.0. The van der Waals surface area contributed by atoms with Gasteiger partial charge in [-0.15, -0.1) is 0 Å². The van der Waals surface area contributed by atoms with Crippen molar-refractivity contribution in [2.75, 3.05) is 30.5 Å². The minimum Gasteiger partial charge on any atom is -0.497 e. The molecule has 3 aromatic carbocycles. The molecule has 1 heterocycles. The van der Waals surface area contributed by atoms with E-state index in [1.54, 1.807) is 31.4 Å². The fourth-order valence-electron chi connectivity index (χ4n) is 5.84. The van der Waals surface area contributed by atoms with Gasteiger partial charge in [-0.1, -0.05) is 54.8 Å². The fraction of sp³-hybridized carbons (Fsp3) is 0.355. The lowest BCUT2D eigenvalue weighted by Gasteiger charge is -2.28. The molecule has 3 aromatic rings. The molecule has 204 valence electrons. The number of halogens is 1. The largest absolute Gasteiger partial charge is 0.497 e. The summed E-state index contributed by atoms with van der Waals surface area (Å²) in [4.78, 5) is 27.1. The van der Waals surface area contributed by atoms with Gasteiger partial charge in [0.2, 0.25) is 0 Å². The number of ether oxygens (including phenoxy) is 2. The molecule has 0 aromatic heterocycles. The first-order valence-corrected chi connectivity index (χ1v) is 13.7. The average molecular weight is 549 g/mol. The smallest absolute Gasteiger partial charge is 0.303 e. The van der Waals surface area contributed by atoms with Gasteiger partial charge in [-0.05, 0) is 48.6 Å². The monoisotopic (exact) mass is 548 g/mol. The lowest BCUT2D eigenvalue weighted by Crippen LogP contribution is -2.40. The molecule has 1 aliphatic carbocycles. The van der Waals surface area contributed by atoms with E-state index in [9.17, 15) is 9.59 Å². The number of benzene rings is 3. The normalized spacial score (nSPS) is 16.1. The van der Waals surface area contributed by atoms with Crippen LogP contribution < -0.4 is 19.7 Å². The second kappa shape index (κ2) is 11.6. The summed E-state index contributed by atoms with van der Waals surface area (Å²) in [6.07, 6.45) is 4.94. The van der Waals surface area contributed by atoms with Gasteiger partial charge in [0, 0.05) is 53.0 Å². The van der Waals surface area contributed by atoms with Crippen LogP contribution in [-0.4, -0.2) is 37.2 Å². The molecule has 8 heteroatoms. The number of fused-ring (bicyclic) bond motifs is 2. The van der Waals surface area contributed by atoms with Crippen LogP contribution in [0.25, 0.3) is 0 Å². The number of rotatable bonds is 10. The van der Waals surface area contributed by atoms with Crippen LogP contribution in [0.1, 0.15) is 55.7 Å². The quantitative estimate of drug-likeness (QED) is 0.277. The first kappa shape index (κ1) is 26.9. The number of methoxy groups -OCH3 is 1. The number of carbonyl (C=O) groups excluding carboxylic acids is 1. The van der Waals surface area contributed by atoms with Gasteiger partial charge in [-0.2, -0.15) is 0 Å². The van der Waals surface area contributed by atoms with E-state index in [-0.39, 0.29) is 24.3 Å². The van der Waals surface area contributed by atoms with E-state index in [1.165, 1.54) is 18.4 Å². The van der Waals surface area contributed by atoms with Crippen molar-refractivity contribution in [2.24, 2.45) is 0 Å². The van der Waals surface area contributed by atoms with Gasteiger partial charge < -0.3 is 24.8 Å². The Balaban J connectivity index is 1.45. The van der Waals surface area contributed by atoms with Gasteiger partial charge in [-0.3, -0.25) is 9.59 Å². The SMILES string of the molecule is COc1cc(NC(C(=O)N2CC3(CCCC3)c3ccccc32)c2ccc(Cl)cc2)cc(OCCCC(=O)O)c1. The van der Waals surface area contributed by atoms with Gasteiger partial charge in [0.15, 0.2) is 0 Å². The Morgan fingerprint density at radius 1 is 1.05 bits per heavy atom. The number of nitrogens with zero attached hydrogens (tertiary/aromatic N) is 1. The summed E-state index contributed by atoms with van der Waals surface area (Å²) in [6, 6.07) is 20.3. The zero-order chi connectivity index (χ0) is 27.4. The summed E-state index contributed by atoms with van der Waals surface area (Å²) in [7, 11) is 1.57. The van der Waals surface area contributed by atoms with Crippen LogP contribution in [0, 0.1) is 0 Å². The van der Waals surface area contributed by atoms with Crippen LogP contribution >= 0.6 is 11.6 Å². The van der Waals surface area contributed by atoms with Crippen molar-refractivity contribution in [2.45, 2.75) is 50.0 Å². The molecule has 5 rings (SSSR count). The lowest BCUT2D eigenvalue weighted by molar-refractivity contribution is -0.137. The third kappa shape index (κ3) is 5.83. The van der Waals surface area contributed by atoms with Crippen molar-refractivity contribution < 1.29 is 24.2 Å². The highest BCUT2D eigenvalue weighted by Gasteiger charge is 2.47. The highest BCUT2D eigenvalue weighted by molar-refractivity contribution is 6.30. The molecule has 2 N–H and O–H groups in total. The average Bonchev–Trinajstić information content (AvgIpc) is 3.55. The fourth-order valence-corrected chi connectivity index (χ4v) is 5.97. The molecule has 1 aliphatic heterocycles. The minimum absolute atomic E-state index is 0.0176. The molecule has 1 unspecified atom stereocenters. The molecule has 0 bridgehead atoms. The third-order valence-electron chi connectivity index (χ3n) is 7.73. The Labute approximate surface area is 233 Å². The van der Waals surface area contributed by atoms with Crippen molar-refractivity contribution in [3.05, 3.63) is 82.9 Å². The van der Waals surface area contributed by atoms with Gasteiger partial charge in [0.25, 0.3) is 5.91 Å². The van der Waals surface area contributed by atoms with Crippen LogP contribution in [0.3, 0.4) is 0 Å². The van der Waals surface area contributed by atoms with E-state index in [0.717, 1.165) is 24.1 Å². The molecule has 39 heavy (non-hydrogen) atoms. The number of carboxylic acids is 1. The van der Waals surface area contributed by atoms with Gasteiger partial charge in [0.05, 0.1) is 13.7 Å². The van der Waals surface area contributed by atoms with Crippen LogP contribution in [0.15, 0.2) is 66.7 Å². The van der Waals surface area contributed by atoms with Gasteiger partial charge in [-0.25, -0.2) is 0 Å². The molecule has 2 aliphatic rings. The maximum Gasteiger partial charge on any atom is 0.303 e. The van der Waals surface area contributed by atoms with Crippen molar-refractivity contribution >= 4 is 34.9 Å². The van der Waals surface area contributed by atoms with E-state index in [2.05, 4.69) is 17.4 Å².